The molecule has 3 N–H and O–H groups in total. The van der Waals surface area contributed by atoms with E-state index in [-0.39, 0.29) is 5.41 Å². The molecule has 0 aliphatic carbocycles. The molecule has 0 saturated carbocycles. The first kappa shape index (κ1) is 11.8. The SMILES string of the molecule is CN(CC(C)(C)C)c1cc2[nH]ncc2cc1N. The van der Waals surface area contributed by atoms with E-state index in [0.29, 0.717) is 0 Å². The molecular formula is C13H20N4. The lowest BCUT2D eigenvalue weighted by Crippen LogP contribution is -2.29. The number of nitrogens with one attached hydrogen (secondary N) is 1. The number of nitrogen functional groups attached to an aromatic ring is 1. The highest BCUT2D eigenvalue weighted by Gasteiger charge is 2.16. The molecule has 0 amide bonds. The first-order valence-electron chi connectivity index (χ1n) is 5.80. The van der Waals surface area contributed by atoms with Crippen LogP contribution in [0.3, 0.4) is 0 Å². The normalized spacial score (nSPS) is 12.0. The van der Waals surface area contributed by atoms with Crippen molar-refractivity contribution in [3.63, 3.8) is 0 Å². The molecule has 0 radical (unpaired) electrons. The standard InChI is InChI=1S/C13H20N4/c1-13(2,3)8-17(4)12-6-11-9(5-10(12)14)7-15-16-11/h5-7H,8,14H2,1-4H3,(H,15,16). The molecule has 4 nitrogen and oxygen atoms in total. The van der Waals surface area contributed by atoms with Crippen LogP contribution in [-0.4, -0.2) is 23.8 Å². The molecule has 0 aliphatic rings. The summed E-state index contributed by atoms with van der Waals surface area (Å²) >= 11 is 0. The number of nitrogens with zero attached hydrogens (tertiary/aromatic N) is 2. The van der Waals surface area contributed by atoms with Gasteiger partial charge in [0.05, 0.1) is 23.1 Å². The van der Waals surface area contributed by atoms with Crippen molar-refractivity contribution in [1.29, 1.82) is 0 Å². The molecule has 2 rings (SSSR count). The molecule has 0 unspecified atom stereocenters. The van der Waals surface area contributed by atoms with E-state index in [9.17, 15) is 0 Å². The highest BCUT2D eigenvalue weighted by molar-refractivity contribution is 5.88. The molecule has 17 heavy (non-hydrogen) atoms. The van der Waals surface area contributed by atoms with E-state index >= 15 is 0 Å². The van der Waals surface area contributed by atoms with Crippen molar-refractivity contribution in [3.05, 3.63) is 18.3 Å². The number of rotatable bonds is 2. The average molecular weight is 232 g/mol. The second-order valence-electron chi connectivity index (χ2n) is 5.78. The summed E-state index contributed by atoms with van der Waals surface area (Å²) in [6.45, 7) is 7.61. The molecular weight excluding hydrogens is 212 g/mol. The van der Waals surface area contributed by atoms with Gasteiger partial charge in [-0.25, -0.2) is 0 Å². The Bertz CT molecular complexity index is 522. The third-order valence-electron chi connectivity index (χ3n) is 2.71. The van der Waals surface area contributed by atoms with Gasteiger partial charge in [0.15, 0.2) is 0 Å². The van der Waals surface area contributed by atoms with Gasteiger partial charge < -0.3 is 10.6 Å². The Hall–Kier alpha value is -1.71. The van der Waals surface area contributed by atoms with E-state index in [2.05, 4.69) is 49.0 Å². The Labute approximate surface area is 102 Å². The predicted octanol–water partition coefficient (Wildman–Crippen LogP) is 2.63. The Balaban J connectivity index is 2.37. The quantitative estimate of drug-likeness (QED) is 0.782. The summed E-state index contributed by atoms with van der Waals surface area (Å²) in [6, 6.07) is 4.02. The number of benzene rings is 1. The fraction of sp³-hybridized carbons (Fsp3) is 0.462. The number of fused-ring (bicyclic) bond motifs is 1. The lowest BCUT2D eigenvalue weighted by molar-refractivity contribution is 0.419. The zero-order valence-corrected chi connectivity index (χ0v) is 10.9. The summed E-state index contributed by atoms with van der Waals surface area (Å²) in [5.74, 6) is 0. The highest BCUT2D eigenvalue weighted by atomic mass is 15.1. The fourth-order valence-corrected chi connectivity index (χ4v) is 2.12. The van der Waals surface area contributed by atoms with Gasteiger partial charge in [-0.05, 0) is 17.5 Å². The van der Waals surface area contributed by atoms with Crippen LogP contribution in [0.2, 0.25) is 0 Å². The van der Waals surface area contributed by atoms with Gasteiger partial charge in [-0.3, -0.25) is 5.10 Å². The van der Waals surface area contributed by atoms with Crippen molar-refractivity contribution >= 4 is 22.3 Å². The maximum Gasteiger partial charge on any atom is 0.0672 e. The first-order valence-corrected chi connectivity index (χ1v) is 5.80. The summed E-state index contributed by atoms with van der Waals surface area (Å²) in [4.78, 5) is 2.19. The van der Waals surface area contributed by atoms with Crippen LogP contribution in [0.1, 0.15) is 20.8 Å². The van der Waals surface area contributed by atoms with Gasteiger partial charge in [0.1, 0.15) is 0 Å². The van der Waals surface area contributed by atoms with Gasteiger partial charge in [0.25, 0.3) is 0 Å². The molecule has 1 heterocycles. The van der Waals surface area contributed by atoms with E-state index < -0.39 is 0 Å². The fourth-order valence-electron chi connectivity index (χ4n) is 2.12. The average Bonchev–Trinajstić information content (AvgIpc) is 2.60. The smallest absolute Gasteiger partial charge is 0.0672 e. The number of hydrogen-bond donors (Lipinski definition) is 2. The zero-order chi connectivity index (χ0) is 12.6. The maximum atomic E-state index is 6.08. The molecule has 0 spiro atoms. The number of aromatic amines is 1. The lowest BCUT2D eigenvalue weighted by atomic mass is 9.96. The van der Waals surface area contributed by atoms with E-state index in [4.69, 9.17) is 5.73 Å². The van der Waals surface area contributed by atoms with Crippen molar-refractivity contribution in [2.45, 2.75) is 20.8 Å². The van der Waals surface area contributed by atoms with Crippen LogP contribution in [0.15, 0.2) is 18.3 Å². The van der Waals surface area contributed by atoms with Crippen LogP contribution in [0.25, 0.3) is 10.9 Å². The van der Waals surface area contributed by atoms with Gasteiger partial charge >= 0.3 is 0 Å². The van der Waals surface area contributed by atoms with Crippen molar-refractivity contribution in [2.75, 3.05) is 24.2 Å². The van der Waals surface area contributed by atoms with Crippen molar-refractivity contribution in [1.82, 2.24) is 10.2 Å². The zero-order valence-electron chi connectivity index (χ0n) is 10.9. The number of hydrogen-bond acceptors (Lipinski definition) is 3. The van der Waals surface area contributed by atoms with E-state index in [1.54, 1.807) is 6.20 Å². The second kappa shape index (κ2) is 3.95. The highest BCUT2D eigenvalue weighted by Crippen LogP contribution is 2.29. The Morgan fingerprint density at radius 2 is 2.06 bits per heavy atom. The summed E-state index contributed by atoms with van der Waals surface area (Å²) < 4.78 is 0. The van der Waals surface area contributed by atoms with Crippen molar-refractivity contribution < 1.29 is 0 Å². The lowest BCUT2D eigenvalue weighted by Gasteiger charge is -2.29. The van der Waals surface area contributed by atoms with Gasteiger partial charge in [-0.15, -0.1) is 0 Å². The van der Waals surface area contributed by atoms with E-state index in [1.807, 2.05) is 6.07 Å². The number of nitrogens with two attached hydrogens (primary N) is 1. The van der Waals surface area contributed by atoms with Crippen molar-refractivity contribution in [2.24, 2.45) is 5.41 Å². The van der Waals surface area contributed by atoms with Crippen LogP contribution >= 0.6 is 0 Å². The molecule has 0 bridgehead atoms. The van der Waals surface area contributed by atoms with Crippen LogP contribution in [0, 0.1) is 5.41 Å². The molecule has 0 atom stereocenters. The maximum absolute atomic E-state index is 6.08. The molecule has 92 valence electrons. The van der Waals surface area contributed by atoms with E-state index in [0.717, 1.165) is 28.8 Å². The Morgan fingerprint density at radius 3 is 2.71 bits per heavy atom. The Kier molecular flexibility index (Phi) is 2.73. The minimum absolute atomic E-state index is 0.240. The third kappa shape index (κ3) is 2.52. The summed E-state index contributed by atoms with van der Waals surface area (Å²) in [7, 11) is 2.07. The summed E-state index contributed by atoms with van der Waals surface area (Å²) in [5, 5.41) is 8.04. The van der Waals surface area contributed by atoms with Crippen LogP contribution < -0.4 is 10.6 Å². The minimum atomic E-state index is 0.240. The monoisotopic (exact) mass is 232 g/mol. The largest absolute Gasteiger partial charge is 0.397 e. The van der Waals surface area contributed by atoms with Crippen molar-refractivity contribution in [3.8, 4) is 0 Å². The van der Waals surface area contributed by atoms with E-state index in [1.165, 1.54) is 0 Å². The molecule has 1 aromatic heterocycles. The predicted molar refractivity (Wildman–Crippen MR) is 73.2 cm³/mol. The van der Waals surface area contributed by atoms with Gasteiger partial charge in [0, 0.05) is 19.0 Å². The number of aromatic nitrogens is 2. The third-order valence-corrected chi connectivity index (χ3v) is 2.71. The van der Waals surface area contributed by atoms with Gasteiger partial charge in [0.2, 0.25) is 0 Å². The van der Waals surface area contributed by atoms with Crippen LogP contribution in [0.5, 0.6) is 0 Å². The molecule has 0 saturated heterocycles. The molecule has 0 aliphatic heterocycles. The number of H-pyrrole nitrogens is 1. The topological polar surface area (TPSA) is 57.9 Å². The molecule has 4 heteroatoms. The van der Waals surface area contributed by atoms with Crippen LogP contribution in [-0.2, 0) is 0 Å². The number of anilines is 2. The second-order valence-corrected chi connectivity index (χ2v) is 5.78. The Morgan fingerprint density at radius 1 is 1.35 bits per heavy atom. The van der Waals surface area contributed by atoms with Gasteiger partial charge in [-0.1, -0.05) is 20.8 Å². The molecule has 1 aromatic carbocycles. The first-order chi connectivity index (χ1) is 7.87. The molecule has 2 aromatic rings. The minimum Gasteiger partial charge on any atom is -0.397 e. The summed E-state index contributed by atoms with van der Waals surface area (Å²) in [5.41, 5.74) is 9.19. The molecule has 0 fully saturated rings. The van der Waals surface area contributed by atoms with Crippen LogP contribution in [0.4, 0.5) is 11.4 Å². The van der Waals surface area contributed by atoms with Gasteiger partial charge in [-0.2, -0.15) is 5.10 Å². The summed E-state index contributed by atoms with van der Waals surface area (Å²) in [6.07, 6.45) is 1.79.